The lowest BCUT2D eigenvalue weighted by atomic mass is 10.2. The fourth-order valence-corrected chi connectivity index (χ4v) is 3.76. The molecule has 2 aromatic carbocycles. The second-order valence-corrected chi connectivity index (χ2v) is 7.94. The van der Waals surface area contributed by atoms with Gasteiger partial charge in [0.2, 0.25) is 0 Å². The van der Waals surface area contributed by atoms with Crippen LogP contribution in [-0.4, -0.2) is 21.5 Å². The first kappa shape index (κ1) is 18.9. The van der Waals surface area contributed by atoms with Gasteiger partial charge in [0.05, 0.1) is 39.0 Å². The van der Waals surface area contributed by atoms with Crippen molar-refractivity contribution in [2.24, 2.45) is 0 Å². The van der Waals surface area contributed by atoms with Gasteiger partial charge in [0.1, 0.15) is 0 Å². The molecule has 0 aromatic heterocycles. The molecule has 0 atom stereocenters. The number of halogens is 3. The summed E-state index contributed by atoms with van der Waals surface area (Å²) in [4.78, 5) is 11.6. The first-order valence-corrected chi connectivity index (χ1v) is 9.34. The summed E-state index contributed by atoms with van der Waals surface area (Å²) in [6.45, 7) is 0. The third-order valence-electron chi connectivity index (χ3n) is 2.98. The number of methoxy groups -OCH3 is 1. The standard InChI is InChI=1S/C14H11BrCl2N2O4S/c1-23-14(20)9-6-8(2-3-10(9)15)24(21,22)19-7-4-11(16)13(18)12(17)5-7/h2-6,19H,18H2,1H3. The molecule has 0 aliphatic heterocycles. The van der Waals surface area contributed by atoms with Crippen molar-refractivity contribution in [1.29, 1.82) is 0 Å². The van der Waals surface area contributed by atoms with Gasteiger partial charge in [-0.05, 0) is 46.3 Å². The van der Waals surface area contributed by atoms with Crippen molar-refractivity contribution in [3.8, 4) is 0 Å². The van der Waals surface area contributed by atoms with Gasteiger partial charge in [0.15, 0.2) is 0 Å². The summed E-state index contributed by atoms with van der Waals surface area (Å²) in [6, 6.07) is 6.63. The van der Waals surface area contributed by atoms with Crippen LogP contribution >= 0.6 is 39.1 Å². The van der Waals surface area contributed by atoms with E-state index < -0.39 is 16.0 Å². The molecular weight excluding hydrogens is 443 g/mol. The molecule has 6 nitrogen and oxygen atoms in total. The molecular formula is C14H11BrCl2N2O4S. The number of hydrogen-bond donors (Lipinski definition) is 2. The minimum Gasteiger partial charge on any atom is -0.465 e. The minimum atomic E-state index is -3.98. The van der Waals surface area contributed by atoms with E-state index >= 15 is 0 Å². The zero-order chi connectivity index (χ0) is 18.1. The molecule has 2 rings (SSSR count). The minimum absolute atomic E-state index is 0.0775. The number of nitrogen functional groups attached to an aromatic ring is 1. The molecule has 0 fully saturated rings. The second-order valence-electron chi connectivity index (χ2n) is 4.59. The van der Waals surface area contributed by atoms with Crippen LogP contribution < -0.4 is 10.5 Å². The van der Waals surface area contributed by atoms with Crippen molar-refractivity contribution in [3.63, 3.8) is 0 Å². The topological polar surface area (TPSA) is 98.5 Å². The predicted octanol–water partition coefficient (Wildman–Crippen LogP) is 3.93. The van der Waals surface area contributed by atoms with Crippen molar-refractivity contribution in [3.05, 3.63) is 50.4 Å². The van der Waals surface area contributed by atoms with Gasteiger partial charge in [-0.25, -0.2) is 13.2 Å². The van der Waals surface area contributed by atoms with E-state index in [2.05, 4.69) is 25.4 Å². The van der Waals surface area contributed by atoms with E-state index in [9.17, 15) is 13.2 Å². The van der Waals surface area contributed by atoms with Crippen LogP contribution in [0, 0.1) is 0 Å². The molecule has 0 amide bonds. The number of benzene rings is 2. The Hall–Kier alpha value is -1.48. The van der Waals surface area contributed by atoms with Gasteiger partial charge >= 0.3 is 5.97 Å². The van der Waals surface area contributed by atoms with Crippen LogP contribution in [0.25, 0.3) is 0 Å². The van der Waals surface area contributed by atoms with Crippen molar-refractivity contribution in [2.75, 3.05) is 17.6 Å². The highest BCUT2D eigenvalue weighted by molar-refractivity contribution is 9.10. The van der Waals surface area contributed by atoms with Crippen LogP contribution in [0.1, 0.15) is 10.4 Å². The highest BCUT2D eigenvalue weighted by atomic mass is 79.9. The van der Waals surface area contributed by atoms with Gasteiger partial charge in [0, 0.05) is 4.47 Å². The molecule has 0 heterocycles. The summed E-state index contributed by atoms with van der Waals surface area (Å²) in [7, 11) is -2.78. The van der Waals surface area contributed by atoms with Crippen molar-refractivity contribution < 1.29 is 17.9 Å². The van der Waals surface area contributed by atoms with Crippen molar-refractivity contribution >= 4 is 66.5 Å². The molecule has 10 heteroatoms. The Morgan fingerprint density at radius 3 is 2.33 bits per heavy atom. The number of nitrogens with one attached hydrogen (secondary N) is 1. The van der Waals surface area contributed by atoms with Crippen molar-refractivity contribution in [2.45, 2.75) is 4.90 Å². The highest BCUT2D eigenvalue weighted by Crippen LogP contribution is 2.32. The smallest absolute Gasteiger partial charge is 0.339 e. The fourth-order valence-electron chi connectivity index (χ4n) is 1.80. The summed E-state index contributed by atoms with van der Waals surface area (Å²) in [5, 5.41) is 0.234. The van der Waals surface area contributed by atoms with E-state index in [-0.39, 0.29) is 31.9 Å². The Labute approximate surface area is 157 Å². The van der Waals surface area contributed by atoms with Gasteiger partial charge in [-0.1, -0.05) is 23.2 Å². The molecule has 2 aromatic rings. The molecule has 0 aliphatic carbocycles. The number of ether oxygens (including phenoxy) is 1. The number of carbonyl (C=O) groups is 1. The number of hydrogen-bond acceptors (Lipinski definition) is 5. The maximum Gasteiger partial charge on any atom is 0.339 e. The first-order chi connectivity index (χ1) is 11.2. The first-order valence-electron chi connectivity index (χ1n) is 6.31. The Bertz CT molecular complexity index is 896. The lowest BCUT2D eigenvalue weighted by Crippen LogP contribution is -2.14. The molecule has 0 unspecified atom stereocenters. The van der Waals surface area contributed by atoms with E-state index in [1.807, 2.05) is 0 Å². The molecule has 0 aliphatic rings. The average molecular weight is 454 g/mol. The molecule has 0 radical (unpaired) electrons. The molecule has 128 valence electrons. The van der Waals surface area contributed by atoms with Crippen LogP contribution in [0.5, 0.6) is 0 Å². The summed E-state index contributed by atoms with van der Waals surface area (Å²) in [5.74, 6) is -0.669. The predicted molar refractivity (Wildman–Crippen MR) is 97.2 cm³/mol. The van der Waals surface area contributed by atoms with Crippen molar-refractivity contribution in [1.82, 2.24) is 0 Å². The number of sulfonamides is 1. The average Bonchev–Trinajstić information content (AvgIpc) is 2.51. The van der Waals surface area contributed by atoms with Crippen LogP contribution in [-0.2, 0) is 14.8 Å². The Morgan fingerprint density at radius 1 is 1.21 bits per heavy atom. The zero-order valence-corrected chi connectivity index (χ0v) is 16.1. The van der Waals surface area contributed by atoms with Crippen LogP contribution in [0.2, 0.25) is 10.0 Å². The largest absolute Gasteiger partial charge is 0.465 e. The molecule has 24 heavy (non-hydrogen) atoms. The Morgan fingerprint density at radius 2 is 1.79 bits per heavy atom. The van der Waals surface area contributed by atoms with Crippen LogP contribution in [0.4, 0.5) is 11.4 Å². The second kappa shape index (κ2) is 7.18. The molecule has 3 N–H and O–H groups in total. The third kappa shape index (κ3) is 3.94. The summed E-state index contributed by atoms with van der Waals surface area (Å²) >= 11 is 14.9. The summed E-state index contributed by atoms with van der Waals surface area (Å²) in [6.07, 6.45) is 0. The maximum absolute atomic E-state index is 12.5. The van der Waals surface area contributed by atoms with E-state index in [1.54, 1.807) is 0 Å². The monoisotopic (exact) mass is 452 g/mol. The normalized spacial score (nSPS) is 11.2. The number of anilines is 2. The maximum atomic E-state index is 12.5. The van der Waals surface area contributed by atoms with Crippen LogP contribution in [0.3, 0.4) is 0 Å². The third-order valence-corrected chi connectivity index (χ3v) is 5.68. The van der Waals surface area contributed by atoms with Gasteiger partial charge in [0.25, 0.3) is 10.0 Å². The van der Waals surface area contributed by atoms with Gasteiger partial charge in [-0.2, -0.15) is 0 Å². The molecule has 0 saturated heterocycles. The Balaban J connectivity index is 2.43. The van der Waals surface area contributed by atoms with Crippen LogP contribution in [0.15, 0.2) is 39.7 Å². The quantitative estimate of drug-likeness (QED) is 0.539. The summed E-state index contributed by atoms with van der Waals surface area (Å²) in [5.41, 5.74) is 5.98. The lowest BCUT2D eigenvalue weighted by molar-refractivity contribution is 0.0599. The van der Waals surface area contributed by atoms with E-state index in [0.717, 1.165) is 0 Å². The highest BCUT2D eigenvalue weighted by Gasteiger charge is 2.20. The number of carbonyl (C=O) groups excluding carboxylic acids is 1. The summed E-state index contributed by atoms with van der Waals surface area (Å²) < 4.78 is 32.3. The Kier molecular flexibility index (Phi) is 5.64. The number of esters is 1. The lowest BCUT2D eigenvalue weighted by Gasteiger charge is -2.11. The molecule has 0 saturated carbocycles. The van der Waals surface area contributed by atoms with E-state index in [1.165, 1.54) is 37.4 Å². The van der Waals surface area contributed by atoms with Gasteiger partial charge in [-0.3, -0.25) is 4.72 Å². The molecule has 0 spiro atoms. The molecule has 0 bridgehead atoms. The van der Waals surface area contributed by atoms with Gasteiger partial charge < -0.3 is 10.5 Å². The zero-order valence-electron chi connectivity index (χ0n) is 12.1. The van der Waals surface area contributed by atoms with E-state index in [4.69, 9.17) is 28.9 Å². The van der Waals surface area contributed by atoms with Gasteiger partial charge in [-0.15, -0.1) is 0 Å². The number of rotatable bonds is 4. The number of nitrogens with two attached hydrogens (primary N) is 1. The SMILES string of the molecule is COC(=O)c1cc(S(=O)(=O)Nc2cc(Cl)c(N)c(Cl)c2)ccc1Br. The fraction of sp³-hybridized carbons (Fsp3) is 0.0714. The van der Waals surface area contributed by atoms with E-state index in [0.29, 0.717) is 4.47 Å².